The quantitative estimate of drug-likeness (QED) is 0.179. The molecule has 3 rings (SSSR count). The Morgan fingerprint density at radius 3 is 1.86 bits per heavy atom. The first kappa shape index (κ1) is 28.1. The van der Waals surface area contributed by atoms with E-state index in [4.69, 9.17) is 15.7 Å². The smallest absolute Gasteiger partial charge is 0.267 e. The summed E-state index contributed by atoms with van der Waals surface area (Å²) in [6.07, 6.45) is 0. The molecule has 0 unspecified atom stereocenters. The van der Waals surface area contributed by atoms with Crippen molar-refractivity contribution in [3.05, 3.63) is 101 Å². The summed E-state index contributed by atoms with van der Waals surface area (Å²) in [5.74, 6) is 5.79. The Balaban J connectivity index is 0.00000456. The molecule has 6 N–H and O–H groups in total. The Hall–Kier alpha value is -4.16. The molecule has 0 bridgehead atoms. The van der Waals surface area contributed by atoms with Crippen molar-refractivity contribution in [1.29, 1.82) is 0 Å². The molecule has 1 atom stereocenters. The molecule has 0 spiro atoms. The van der Waals surface area contributed by atoms with Crippen LogP contribution in [0.5, 0.6) is 5.75 Å². The predicted molar refractivity (Wildman–Crippen MR) is 139 cm³/mol. The summed E-state index contributed by atoms with van der Waals surface area (Å²) in [6.45, 7) is 1.37. The van der Waals surface area contributed by atoms with Crippen LogP contribution in [0.2, 0.25) is 0 Å². The van der Waals surface area contributed by atoms with E-state index in [2.05, 4.69) is 22.5 Å². The molecule has 0 aliphatic carbocycles. The molecule has 3 aromatic rings. The van der Waals surface area contributed by atoms with Crippen LogP contribution < -0.4 is 26.6 Å². The Kier molecular flexibility index (Phi) is 11.1. The fourth-order valence-electron chi connectivity index (χ4n) is 3.20. The third-order valence-electron chi connectivity index (χ3n) is 5.24. The molecule has 0 fully saturated rings. The van der Waals surface area contributed by atoms with Gasteiger partial charge in [0.15, 0.2) is 0 Å². The molecule has 36 heavy (non-hydrogen) atoms. The lowest BCUT2D eigenvalue weighted by Gasteiger charge is -2.14. The Labute approximate surface area is 211 Å². The number of nitrogens with two attached hydrogens (primary N) is 1. The van der Waals surface area contributed by atoms with Gasteiger partial charge in [0, 0.05) is 36.3 Å². The van der Waals surface area contributed by atoms with Crippen LogP contribution in [-0.2, 0) is 17.9 Å². The van der Waals surface area contributed by atoms with Gasteiger partial charge >= 0.3 is 0 Å². The number of ether oxygens (including phenoxy) is 1. The maximum atomic E-state index is 12.3. The van der Waals surface area contributed by atoms with Crippen LogP contribution in [-0.4, -0.2) is 36.7 Å². The topological polar surface area (TPSA) is 126 Å². The number of hydrogen-bond donors (Lipinski definition) is 5. The molecule has 0 aromatic heterocycles. The van der Waals surface area contributed by atoms with Gasteiger partial charge in [-0.2, -0.15) is 0 Å². The highest BCUT2D eigenvalue weighted by Crippen LogP contribution is 2.11. The lowest BCUT2D eigenvalue weighted by atomic mass is 10.1. The molecule has 0 aliphatic heterocycles. The number of carbonyl (C=O) groups excluding carboxylic acids is 2. The van der Waals surface area contributed by atoms with Crippen molar-refractivity contribution < 1.29 is 19.5 Å². The van der Waals surface area contributed by atoms with Crippen molar-refractivity contribution in [2.24, 2.45) is 5.73 Å². The second-order valence-electron chi connectivity index (χ2n) is 7.71. The van der Waals surface area contributed by atoms with Crippen LogP contribution in [0.15, 0.2) is 72.8 Å². The molecule has 188 valence electrons. The summed E-state index contributed by atoms with van der Waals surface area (Å²) in [5.41, 5.74) is 11.3. The highest BCUT2D eigenvalue weighted by Gasteiger charge is 2.19. The van der Waals surface area contributed by atoms with Crippen molar-refractivity contribution in [3.63, 3.8) is 0 Å². The molecule has 8 heteroatoms. The van der Waals surface area contributed by atoms with Gasteiger partial charge in [-0.1, -0.05) is 43.5 Å². The van der Waals surface area contributed by atoms with Crippen LogP contribution in [0.3, 0.4) is 0 Å². The number of nitrogens with one attached hydrogen (secondary N) is 3. The van der Waals surface area contributed by atoms with Gasteiger partial charge < -0.3 is 21.1 Å². The second kappa shape index (κ2) is 14.3. The first-order valence-electron chi connectivity index (χ1n) is 11.0. The van der Waals surface area contributed by atoms with E-state index in [9.17, 15) is 9.59 Å². The molecule has 3 aromatic carbocycles. The molecule has 8 nitrogen and oxygen atoms in total. The largest absolute Gasteiger partial charge is 0.497 e. The molecule has 2 amide bonds. The summed E-state index contributed by atoms with van der Waals surface area (Å²) in [6, 6.07) is 21.6. The zero-order valence-corrected chi connectivity index (χ0v) is 19.4. The molecular weight excluding hydrogens is 456 g/mol. The minimum atomic E-state index is -1.02. The molecule has 0 saturated carbocycles. The SMILES string of the molecule is C.COc1ccc(CNCc2ccc(C#Cc3ccc(C(=O)N[C@@H](CN)C(=O)NO)cc3)cc2)cc1. The third kappa shape index (κ3) is 8.25. The summed E-state index contributed by atoms with van der Waals surface area (Å²) >= 11 is 0. The van der Waals surface area contributed by atoms with E-state index in [0.717, 1.165) is 35.5 Å². The van der Waals surface area contributed by atoms with E-state index in [0.29, 0.717) is 5.56 Å². The number of amides is 2. The van der Waals surface area contributed by atoms with Gasteiger partial charge in [0.1, 0.15) is 11.8 Å². The number of benzene rings is 3. The average molecular weight is 489 g/mol. The van der Waals surface area contributed by atoms with Gasteiger partial charge in [0.25, 0.3) is 11.8 Å². The summed E-state index contributed by atoms with van der Waals surface area (Å²) in [7, 11) is 1.65. The summed E-state index contributed by atoms with van der Waals surface area (Å²) in [4.78, 5) is 23.7. The Morgan fingerprint density at radius 1 is 0.889 bits per heavy atom. The molecule has 0 aliphatic rings. The minimum Gasteiger partial charge on any atom is -0.497 e. The normalized spacial score (nSPS) is 10.8. The second-order valence-corrected chi connectivity index (χ2v) is 7.71. The van der Waals surface area contributed by atoms with Gasteiger partial charge in [0.05, 0.1) is 7.11 Å². The van der Waals surface area contributed by atoms with E-state index in [1.807, 2.05) is 48.5 Å². The minimum absolute atomic E-state index is 0. The van der Waals surface area contributed by atoms with Crippen molar-refractivity contribution >= 4 is 11.8 Å². The van der Waals surface area contributed by atoms with E-state index in [1.54, 1.807) is 31.4 Å². The fraction of sp³-hybridized carbons (Fsp3) is 0.214. The average Bonchev–Trinajstić information content (AvgIpc) is 2.91. The maximum absolute atomic E-state index is 12.3. The number of methoxy groups -OCH3 is 1. The Morgan fingerprint density at radius 2 is 1.39 bits per heavy atom. The maximum Gasteiger partial charge on any atom is 0.267 e. The van der Waals surface area contributed by atoms with Gasteiger partial charge in [-0.15, -0.1) is 0 Å². The van der Waals surface area contributed by atoms with Crippen molar-refractivity contribution in [2.75, 3.05) is 13.7 Å². The van der Waals surface area contributed by atoms with Crippen LogP contribution >= 0.6 is 0 Å². The standard InChI is InChI=1S/C27H28N4O4.CH4/c1-35-24-14-10-22(11-15-24)18-29-17-21-6-4-19(5-7-21)2-3-20-8-12-23(13-9-20)26(32)30-25(16-28)27(33)31-34;/h4-15,25,29,34H,16-18,28H2,1H3,(H,30,32)(H,31,33);1H4/t25-;/m0./s1. The lowest BCUT2D eigenvalue weighted by Crippen LogP contribution is -2.50. The van der Waals surface area contributed by atoms with Crippen molar-refractivity contribution in [3.8, 4) is 17.6 Å². The zero-order chi connectivity index (χ0) is 25.0. The van der Waals surface area contributed by atoms with Crippen LogP contribution in [0.25, 0.3) is 0 Å². The van der Waals surface area contributed by atoms with E-state index in [-0.39, 0.29) is 14.0 Å². The van der Waals surface area contributed by atoms with Crippen molar-refractivity contribution in [2.45, 2.75) is 26.6 Å². The number of hydrogen-bond acceptors (Lipinski definition) is 6. The van der Waals surface area contributed by atoms with Crippen molar-refractivity contribution in [1.82, 2.24) is 16.1 Å². The highest BCUT2D eigenvalue weighted by atomic mass is 16.5. The van der Waals surface area contributed by atoms with E-state index >= 15 is 0 Å². The molecule has 0 saturated heterocycles. The van der Waals surface area contributed by atoms with E-state index < -0.39 is 17.9 Å². The lowest BCUT2D eigenvalue weighted by molar-refractivity contribution is -0.130. The summed E-state index contributed by atoms with van der Waals surface area (Å²) in [5, 5.41) is 14.6. The molecular formula is C28H32N4O4. The molecule has 0 heterocycles. The number of rotatable bonds is 9. The number of carbonyl (C=O) groups is 2. The predicted octanol–water partition coefficient (Wildman–Crippen LogP) is 2.58. The highest BCUT2D eigenvalue weighted by molar-refractivity contribution is 5.97. The third-order valence-corrected chi connectivity index (χ3v) is 5.24. The zero-order valence-electron chi connectivity index (χ0n) is 19.4. The van der Waals surface area contributed by atoms with Crippen LogP contribution in [0, 0.1) is 11.8 Å². The molecule has 0 radical (unpaired) electrons. The van der Waals surface area contributed by atoms with Gasteiger partial charge in [-0.25, -0.2) is 5.48 Å². The van der Waals surface area contributed by atoms with Gasteiger partial charge in [0.2, 0.25) is 0 Å². The summed E-state index contributed by atoms with van der Waals surface area (Å²) < 4.78 is 5.17. The van der Waals surface area contributed by atoms with Crippen LogP contribution in [0.1, 0.15) is 40.0 Å². The fourth-order valence-corrected chi connectivity index (χ4v) is 3.20. The van der Waals surface area contributed by atoms with Crippen LogP contribution in [0.4, 0.5) is 0 Å². The van der Waals surface area contributed by atoms with Gasteiger partial charge in [-0.05, 0) is 59.7 Å². The first-order valence-corrected chi connectivity index (χ1v) is 11.0. The van der Waals surface area contributed by atoms with E-state index in [1.165, 1.54) is 11.0 Å². The monoisotopic (exact) mass is 488 g/mol. The number of hydroxylamine groups is 1. The van der Waals surface area contributed by atoms with Gasteiger partial charge in [-0.3, -0.25) is 14.8 Å². The first-order chi connectivity index (χ1) is 17.0. The Bertz CT molecular complexity index is 1180.